The summed E-state index contributed by atoms with van der Waals surface area (Å²) < 4.78 is 6.16. The van der Waals surface area contributed by atoms with Crippen LogP contribution in [0.5, 0.6) is 0 Å². The predicted molar refractivity (Wildman–Crippen MR) is 84.6 cm³/mol. The van der Waals surface area contributed by atoms with Crippen molar-refractivity contribution in [2.45, 2.75) is 45.3 Å². The molecular weight excluding hydrogens is 244 g/mol. The molecule has 1 nitrogen and oxygen atoms in total. The highest BCUT2D eigenvalue weighted by molar-refractivity contribution is 5.18. The quantitative estimate of drug-likeness (QED) is 0.572. The van der Waals surface area contributed by atoms with E-state index in [1.807, 2.05) is 6.07 Å². The summed E-state index contributed by atoms with van der Waals surface area (Å²) in [5.74, 6) is 0. The van der Waals surface area contributed by atoms with Crippen molar-refractivity contribution in [3.8, 4) is 0 Å². The molecule has 1 unspecified atom stereocenters. The van der Waals surface area contributed by atoms with E-state index in [1.54, 1.807) is 0 Å². The number of hydrogen-bond donors (Lipinski definition) is 0. The molecule has 0 N–H and O–H groups in total. The zero-order valence-electron chi connectivity index (χ0n) is 12.3. The average Bonchev–Trinajstić information content (AvgIpc) is 2.52. The van der Waals surface area contributed by atoms with Crippen LogP contribution < -0.4 is 0 Å². The molecule has 0 bridgehead atoms. The van der Waals surface area contributed by atoms with Crippen LogP contribution in [0.1, 0.15) is 49.8 Å². The second-order valence-electron chi connectivity index (χ2n) is 5.19. The Morgan fingerprint density at radius 3 is 2.15 bits per heavy atom. The first kappa shape index (κ1) is 14.8. The lowest BCUT2D eigenvalue weighted by Crippen LogP contribution is -2.05. The van der Waals surface area contributed by atoms with Gasteiger partial charge in [-0.3, -0.25) is 0 Å². The zero-order valence-corrected chi connectivity index (χ0v) is 12.3. The molecule has 0 fully saturated rings. The number of hydrogen-bond acceptors (Lipinski definition) is 1. The van der Waals surface area contributed by atoms with Gasteiger partial charge in [0.05, 0.1) is 12.7 Å². The monoisotopic (exact) mass is 268 g/mol. The SMILES string of the molecule is CCCCCC(OCc1ccccc1)c1ccccc1. The van der Waals surface area contributed by atoms with Crippen molar-refractivity contribution in [3.63, 3.8) is 0 Å². The minimum Gasteiger partial charge on any atom is -0.369 e. The van der Waals surface area contributed by atoms with Crippen molar-refractivity contribution >= 4 is 0 Å². The van der Waals surface area contributed by atoms with Crippen LogP contribution in [0.2, 0.25) is 0 Å². The van der Waals surface area contributed by atoms with Crippen molar-refractivity contribution in [1.82, 2.24) is 0 Å². The molecule has 0 radical (unpaired) electrons. The van der Waals surface area contributed by atoms with E-state index in [1.165, 1.54) is 30.4 Å². The fourth-order valence-corrected chi connectivity index (χ4v) is 2.36. The van der Waals surface area contributed by atoms with Crippen LogP contribution >= 0.6 is 0 Å². The lowest BCUT2D eigenvalue weighted by molar-refractivity contribution is 0.0322. The molecule has 0 saturated carbocycles. The molecule has 20 heavy (non-hydrogen) atoms. The topological polar surface area (TPSA) is 9.23 Å². The van der Waals surface area contributed by atoms with Gasteiger partial charge in [0.2, 0.25) is 0 Å². The summed E-state index contributed by atoms with van der Waals surface area (Å²) in [5, 5.41) is 0. The summed E-state index contributed by atoms with van der Waals surface area (Å²) in [4.78, 5) is 0. The second-order valence-corrected chi connectivity index (χ2v) is 5.19. The first-order chi connectivity index (χ1) is 9.90. The number of unbranched alkanes of at least 4 members (excludes halogenated alkanes) is 2. The third-order valence-electron chi connectivity index (χ3n) is 3.54. The largest absolute Gasteiger partial charge is 0.369 e. The maximum Gasteiger partial charge on any atom is 0.0829 e. The maximum absolute atomic E-state index is 6.16. The summed E-state index contributed by atoms with van der Waals surface area (Å²) in [6, 6.07) is 21.0. The zero-order chi connectivity index (χ0) is 14.0. The Bertz CT molecular complexity index is 464. The fourth-order valence-electron chi connectivity index (χ4n) is 2.36. The van der Waals surface area contributed by atoms with E-state index in [2.05, 4.69) is 61.5 Å². The molecule has 0 amide bonds. The standard InChI is InChI=1S/C19H24O/c1-2-3-6-15-19(18-13-9-5-10-14-18)20-16-17-11-7-4-8-12-17/h4-5,7-14,19H,2-3,6,15-16H2,1H3. The molecule has 2 rings (SSSR count). The molecule has 106 valence electrons. The van der Waals surface area contributed by atoms with Crippen molar-refractivity contribution in [3.05, 3.63) is 71.8 Å². The summed E-state index contributed by atoms with van der Waals surface area (Å²) >= 11 is 0. The molecule has 2 aromatic rings. The van der Waals surface area contributed by atoms with Gasteiger partial charge in [-0.05, 0) is 17.5 Å². The van der Waals surface area contributed by atoms with E-state index in [0.29, 0.717) is 6.61 Å². The highest BCUT2D eigenvalue weighted by atomic mass is 16.5. The van der Waals surface area contributed by atoms with Crippen molar-refractivity contribution < 1.29 is 4.74 Å². The van der Waals surface area contributed by atoms with Crippen molar-refractivity contribution in [1.29, 1.82) is 0 Å². The van der Waals surface area contributed by atoms with Crippen molar-refractivity contribution in [2.75, 3.05) is 0 Å². The predicted octanol–water partition coefficient (Wildman–Crippen LogP) is 5.52. The molecule has 0 spiro atoms. The molecule has 1 heteroatoms. The summed E-state index contributed by atoms with van der Waals surface area (Å²) in [5.41, 5.74) is 2.53. The number of benzene rings is 2. The van der Waals surface area contributed by atoms with Crippen LogP contribution in [-0.4, -0.2) is 0 Å². The minimum atomic E-state index is 0.211. The van der Waals surface area contributed by atoms with E-state index in [0.717, 1.165) is 6.42 Å². The van der Waals surface area contributed by atoms with Gasteiger partial charge in [0.15, 0.2) is 0 Å². The molecular formula is C19H24O. The van der Waals surface area contributed by atoms with Crippen LogP contribution in [0, 0.1) is 0 Å². The Labute approximate surface area is 122 Å². The van der Waals surface area contributed by atoms with E-state index >= 15 is 0 Å². The molecule has 0 aliphatic rings. The van der Waals surface area contributed by atoms with E-state index in [4.69, 9.17) is 4.74 Å². The number of rotatable bonds is 8. The maximum atomic E-state index is 6.16. The van der Waals surface area contributed by atoms with E-state index in [-0.39, 0.29) is 6.10 Å². The van der Waals surface area contributed by atoms with Crippen LogP contribution in [0.15, 0.2) is 60.7 Å². The molecule has 0 saturated heterocycles. The Morgan fingerprint density at radius 2 is 1.50 bits per heavy atom. The summed E-state index contributed by atoms with van der Waals surface area (Å²) in [7, 11) is 0. The third-order valence-corrected chi connectivity index (χ3v) is 3.54. The van der Waals surface area contributed by atoms with Crippen molar-refractivity contribution in [2.24, 2.45) is 0 Å². The molecule has 0 aliphatic carbocycles. The van der Waals surface area contributed by atoms with Crippen LogP contribution in [0.25, 0.3) is 0 Å². The van der Waals surface area contributed by atoms with Crippen LogP contribution in [-0.2, 0) is 11.3 Å². The molecule has 1 atom stereocenters. The van der Waals surface area contributed by atoms with Gasteiger partial charge in [0, 0.05) is 0 Å². The summed E-state index contributed by atoms with van der Waals surface area (Å²) in [6.45, 7) is 2.93. The van der Waals surface area contributed by atoms with Gasteiger partial charge < -0.3 is 4.74 Å². The highest BCUT2D eigenvalue weighted by Gasteiger charge is 2.11. The Kier molecular flexibility index (Phi) is 6.33. The lowest BCUT2D eigenvalue weighted by atomic mass is 10.0. The van der Waals surface area contributed by atoms with Gasteiger partial charge in [-0.2, -0.15) is 0 Å². The highest BCUT2D eigenvalue weighted by Crippen LogP contribution is 2.25. The second kappa shape index (κ2) is 8.55. The molecule has 0 aromatic heterocycles. The summed E-state index contributed by atoms with van der Waals surface area (Å²) in [6.07, 6.45) is 5.07. The van der Waals surface area contributed by atoms with Gasteiger partial charge >= 0.3 is 0 Å². The first-order valence-electron chi connectivity index (χ1n) is 7.60. The third kappa shape index (κ3) is 4.82. The molecule has 0 heterocycles. The first-order valence-corrected chi connectivity index (χ1v) is 7.60. The average molecular weight is 268 g/mol. The van der Waals surface area contributed by atoms with E-state index in [9.17, 15) is 0 Å². The van der Waals surface area contributed by atoms with Gasteiger partial charge in [-0.1, -0.05) is 86.8 Å². The molecule has 2 aromatic carbocycles. The normalized spacial score (nSPS) is 12.2. The van der Waals surface area contributed by atoms with E-state index < -0.39 is 0 Å². The van der Waals surface area contributed by atoms with Crippen LogP contribution in [0.3, 0.4) is 0 Å². The Balaban J connectivity index is 1.95. The van der Waals surface area contributed by atoms with Crippen LogP contribution in [0.4, 0.5) is 0 Å². The fraction of sp³-hybridized carbons (Fsp3) is 0.368. The van der Waals surface area contributed by atoms with Gasteiger partial charge in [0.25, 0.3) is 0 Å². The molecule has 0 aliphatic heterocycles. The van der Waals surface area contributed by atoms with Gasteiger partial charge in [-0.15, -0.1) is 0 Å². The minimum absolute atomic E-state index is 0.211. The Hall–Kier alpha value is -1.60. The Morgan fingerprint density at radius 1 is 0.850 bits per heavy atom. The van der Waals surface area contributed by atoms with Gasteiger partial charge in [-0.25, -0.2) is 0 Å². The smallest absolute Gasteiger partial charge is 0.0829 e. The van der Waals surface area contributed by atoms with Gasteiger partial charge in [0.1, 0.15) is 0 Å². The lowest BCUT2D eigenvalue weighted by Gasteiger charge is -2.18. The number of ether oxygens (including phenoxy) is 1.